The van der Waals surface area contributed by atoms with Crippen LogP contribution in [0.25, 0.3) is 0 Å². The fourth-order valence-corrected chi connectivity index (χ4v) is 4.97. The summed E-state index contributed by atoms with van der Waals surface area (Å²) in [5, 5.41) is 3.60. The zero-order chi connectivity index (χ0) is 18.3. The molecule has 2 heteroatoms. The highest BCUT2D eigenvalue weighted by atomic mass is 16.5. The predicted octanol–water partition coefficient (Wildman–Crippen LogP) is 5.60. The SMILES string of the molecule is COc1cccc2c1CC(Cc1ccc3c(c1)C(C(C)(C)C)CCN3)C2. The molecule has 2 aromatic rings. The molecule has 26 heavy (non-hydrogen) atoms. The van der Waals surface area contributed by atoms with Crippen LogP contribution >= 0.6 is 0 Å². The van der Waals surface area contributed by atoms with Crippen LogP contribution in [0.5, 0.6) is 5.75 Å². The van der Waals surface area contributed by atoms with Gasteiger partial charge in [0.05, 0.1) is 7.11 Å². The van der Waals surface area contributed by atoms with Gasteiger partial charge in [0.2, 0.25) is 0 Å². The quantitative estimate of drug-likeness (QED) is 0.779. The normalized spacial score (nSPS) is 21.7. The minimum atomic E-state index is 0.312. The van der Waals surface area contributed by atoms with E-state index in [1.165, 1.54) is 40.8 Å². The lowest BCUT2D eigenvalue weighted by molar-refractivity contribution is 0.305. The maximum atomic E-state index is 5.57. The molecule has 2 aromatic carbocycles. The lowest BCUT2D eigenvalue weighted by Crippen LogP contribution is -2.26. The molecule has 2 unspecified atom stereocenters. The summed E-state index contributed by atoms with van der Waals surface area (Å²) >= 11 is 0. The van der Waals surface area contributed by atoms with Crippen molar-refractivity contribution in [2.45, 2.75) is 52.4 Å². The number of ether oxygens (including phenoxy) is 1. The van der Waals surface area contributed by atoms with Crippen molar-refractivity contribution in [2.24, 2.45) is 11.3 Å². The summed E-state index contributed by atoms with van der Waals surface area (Å²) in [6.45, 7) is 8.21. The molecule has 2 aliphatic rings. The second-order valence-electron chi connectivity index (χ2n) is 9.13. The first kappa shape index (κ1) is 17.5. The van der Waals surface area contributed by atoms with Gasteiger partial charge in [-0.2, -0.15) is 0 Å². The Morgan fingerprint density at radius 3 is 2.73 bits per heavy atom. The highest BCUT2D eigenvalue weighted by Gasteiger charge is 2.31. The number of rotatable bonds is 3. The number of methoxy groups -OCH3 is 1. The van der Waals surface area contributed by atoms with Crippen molar-refractivity contribution in [1.29, 1.82) is 0 Å². The van der Waals surface area contributed by atoms with Gasteiger partial charge in [0.25, 0.3) is 0 Å². The Bertz CT molecular complexity index is 802. The number of hydrogen-bond acceptors (Lipinski definition) is 2. The van der Waals surface area contributed by atoms with Gasteiger partial charge in [-0.15, -0.1) is 0 Å². The predicted molar refractivity (Wildman–Crippen MR) is 109 cm³/mol. The standard InChI is InChI=1S/C24H31NO/c1-24(2,3)21-10-11-25-22-9-8-16(14-20(21)22)12-17-13-18-6-5-7-23(26-4)19(18)15-17/h5-9,14,17,21,25H,10-13,15H2,1-4H3. The highest BCUT2D eigenvalue weighted by Crippen LogP contribution is 2.44. The van der Waals surface area contributed by atoms with Gasteiger partial charge in [-0.3, -0.25) is 0 Å². The zero-order valence-electron chi connectivity index (χ0n) is 16.6. The first-order valence-corrected chi connectivity index (χ1v) is 9.97. The maximum Gasteiger partial charge on any atom is 0.122 e. The number of fused-ring (bicyclic) bond motifs is 2. The maximum absolute atomic E-state index is 5.57. The average molecular weight is 350 g/mol. The lowest BCUT2D eigenvalue weighted by atomic mass is 9.72. The molecule has 1 N–H and O–H groups in total. The van der Waals surface area contributed by atoms with Crippen molar-refractivity contribution in [3.8, 4) is 5.75 Å². The van der Waals surface area contributed by atoms with E-state index in [4.69, 9.17) is 4.74 Å². The fraction of sp³-hybridized carbons (Fsp3) is 0.500. The molecule has 0 radical (unpaired) electrons. The van der Waals surface area contributed by atoms with E-state index in [0.717, 1.165) is 25.1 Å². The third-order valence-corrected chi connectivity index (χ3v) is 6.26. The third kappa shape index (κ3) is 3.22. The molecule has 2 nitrogen and oxygen atoms in total. The average Bonchev–Trinajstić information content (AvgIpc) is 3.02. The first-order valence-electron chi connectivity index (χ1n) is 9.97. The molecule has 0 bridgehead atoms. The molecule has 1 heterocycles. The Balaban J connectivity index is 1.55. The molecule has 1 aliphatic heterocycles. The van der Waals surface area contributed by atoms with Crippen LogP contribution in [0, 0.1) is 11.3 Å². The number of benzene rings is 2. The van der Waals surface area contributed by atoms with Gasteiger partial charge in [-0.1, -0.05) is 45.0 Å². The van der Waals surface area contributed by atoms with Crippen molar-refractivity contribution in [2.75, 3.05) is 19.0 Å². The monoisotopic (exact) mass is 349 g/mol. The van der Waals surface area contributed by atoms with Crippen molar-refractivity contribution >= 4 is 5.69 Å². The van der Waals surface area contributed by atoms with Gasteiger partial charge in [-0.05, 0) is 77.3 Å². The minimum Gasteiger partial charge on any atom is -0.496 e. The number of hydrogen-bond donors (Lipinski definition) is 1. The topological polar surface area (TPSA) is 21.3 Å². The van der Waals surface area contributed by atoms with E-state index in [1.807, 2.05) is 0 Å². The molecule has 0 saturated heterocycles. The molecule has 0 saturated carbocycles. The van der Waals surface area contributed by atoms with Crippen molar-refractivity contribution in [1.82, 2.24) is 0 Å². The van der Waals surface area contributed by atoms with E-state index in [1.54, 1.807) is 7.11 Å². The molecule has 4 rings (SSSR count). The van der Waals surface area contributed by atoms with Crippen LogP contribution in [-0.4, -0.2) is 13.7 Å². The van der Waals surface area contributed by atoms with E-state index in [0.29, 0.717) is 17.3 Å². The van der Waals surface area contributed by atoms with Crippen LogP contribution in [0.2, 0.25) is 0 Å². The van der Waals surface area contributed by atoms with E-state index in [9.17, 15) is 0 Å². The molecular weight excluding hydrogens is 318 g/mol. The van der Waals surface area contributed by atoms with Gasteiger partial charge in [0, 0.05) is 12.2 Å². The second kappa shape index (κ2) is 6.64. The van der Waals surface area contributed by atoms with E-state index in [-0.39, 0.29) is 0 Å². The Morgan fingerprint density at radius 2 is 1.96 bits per heavy atom. The smallest absolute Gasteiger partial charge is 0.122 e. The summed E-state index contributed by atoms with van der Waals surface area (Å²) in [4.78, 5) is 0. The summed E-state index contributed by atoms with van der Waals surface area (Å²) in [7, 11) is 1.78. The molecule has 0 fully saturated rings. The van der Waals surface area contributed by atoms with E-state index < -0.39 is 0 Å². The highest BCUT2D eigenvalue weighted by molar-refractivity contribution is 5.57. The molecule has 0 aromatic heterocycles. The Labute approximate surface area is 158 Å². The van der Waals surface area contributed by atoms with Crippen molar-refractivity contribution in [3.63, 3.8) is 0 Å². The van der Waals surface area contributed by atoms with Gasteiger partial charge < -0.3 is 10.1 Å². The molecule has 138 valence electrons. The third-order valence-electron chi connectivity index (χ3n) is 6.26. The van der Waals surface area contributed by atoms with Gasteiger partial charge in [0.15, 0.2) is 0 Å². The largest absolute Gasteiger partial charge is 0.496 e. The van der Waals surface area contributed by atoms with Gasteiger partial charge in [0.1, 0.15) is 5.75 Å². The number of nitrogens with one attached hydrogen (secondary N) is 1. The number of anilines is 1. The zero-order valence-corrected chi connectivity index (χ0v) is 16.6. The Hall–Kier alpha value is -1.96. The van der Waals surface area contributed by atoms with Gasteiger partial charge >= 0.3 is 0 Å². The van der Waals surface area contributed by atoms with Crippen molar-refractivity contribution < 1.29 is 4.74 Å². The molecule has 0 spiro atoms. The summed E-state index contributed by atoms with van der Waals surface area (Å²) in [5.41, 5.74) is 7.56. The minimum absolute atomic E-state index is 0.312. The van der Waals surface area contributed by atoms with Gasteiger partial charge in [-0.25, -0.2) is 0 Å². The Kier molecular flexibility index (Phi) is 4.46. The summed E-state index contributed by atoms with van der Waals surface area (Å²) in [5.74, 6) is 2.39. The molecule has 2 atom stereocenters. The first-order chi connectivity index (χ1) is 12.5. The molecule has 1 aliphatic carbocycles. The fourth-order valence-electron chi connectivity index (χ4n) is 4.97. The van der Waals surface area contributed by atoms with Crippen LogP contribution < -0.4 is 10.1 Å². The lowest BCUT2D eigenvalue weighted by Gasteiger charge is -2.36. The van der Waals surface area contributed by atoms with Crippen LogP contribution in [0.3, 0.4) is 0 Å². The van der Waals surface area contributed by atoms with Crippen LogP contribution in [-0.2, 0) is 19.3 Å². The summed E-state index contributed by atoms with van der Waals surface area (Å²) in [6, 6.07) is 13.6. The van der Waals surface area contributed by atoms with Crippen LogP contribution in [0.1, 0.15) is 55.4 Å². The summed E-state index contributed by atoms with van der Waals surface area (Å²) in [6.07, 6.45) is 4.69. The second-order valence-corrected chi connectivity index (χ2v) is 9.13. The van der Waals surface area contributed by atoms with Crippen LogP contribution in [0.4, 0.5) is 5.69 Å². The molecule has 0 amide bonds. The Morgan fingerprint density at radius 1 is 1.12 bits per heavy atom. The molecular formula is C24H31NO. The summed E-state index contributed by atoms with van der Waals surface area (Å²) < 4.78 is 5.57. The van der Waals surface area contributed by atoms with Crippen LogP contribution in [0.15, 0.2) is 36.4 Å². The van der Waals surface area contributed by atoms with E-state index in [2.05, 4.69) is 62.5 Å². The van der Waals surface area contributed by atoms with E-state index >= 15 is 0 Å². The van der Waals surface area contributed by atoms with Crippen molar-refractivity contribution in [3.05, 3.63) is 58.7 Å².